The van der Waals surface area contributed by atoms with Crippen LogP contribution in [0.4, 0.5) is 0 Å². The van der Waals surface area contributed by atoms with Gasteiger partial charge in [-0.3, -0.25) is 0 Å². The number of aromatic nitrogens is 3. The predicted octanol–water partition coefficient (Wildman–Crippen LogP) is 13.4. The van der Waals surface area contributed by atoms with Crippen LogP contribution in [0.3, 0.4) is 0 Å². The van der Waals surface area contributed by atoms with Crippen molar-refractivity contribution in [3.63, 3.8) is 0 Å². The number of nitrogens with zero attached hydrogens (tertiary/aromatic N) is 3. The van der Waals surface area contributed by atoms with Crippen molar-refractivity contribution in [1.82, 2.24) is 15.0 Å². The van der Waals surface area contributed by atoms with Gasteiger partial charge in [-0.15, -0.1) is 22.7 Å². The van der Waals surface area contributed by atoms with E-state index >= 15 is 0 Å². The fourth-order valence-corrected chi connectivity index (χ4v) is 10.1. The van der Waals surface area contributed by atoms with Crippen LogP contribution < -0.4 is 0 Å². The maximum Gasteiger partial charge on any atom is 0.164 e. The number of aryl methyl sites for hydroxylation is 2. The Morgan fingerprint density at radius 3 is 2.00 bits per heavy atom. The molecule has 0 N–H and O–H groups in total. The normalized spacial score (nSPS) is 12.6. The molecule has 0 atom stereocenters. The minimum Gasteiger partial charge on any atom is -0.208 e. The van der Waals surface area contributed by atoms with Crippen molar-refractivity contribution in [3.8, 4) is 56.4 Å². The summed E-state index contributed by atoms with van der Waals surface area (Å²) in [6, 6.07) is 45.6. The van der Waals surface area contributed by atoms with Crippen LogP contribution in [0.5, 0.6) is 0 Å². The van der Waals surface area contributed by atoms with Crippen LogP contribution in [0.1, 0.15) is 28.0 Å². The lowest BCUT2D eigenvalue weighted by molar-refractivity contribution is 1.02. The number of rotatable bonds is 5. The van der Waals surface area contributed by atoms with Crippen LogP contribution in [-0.4, -0.2) is 15.0 Å². The van der Waals surface area contributed by atoms with E-state index in [9.17, 15) is 0 Å². The molecule has 1 aliphatic rings. The van der Waals surface area contributed by atoms with Crippen molar-refractivity contribution in [2.24, 2.45) is 0 Å². The molecule has 5 heteroatoms. The molecule has 0 bridgehead atoms. The highest BCUT2D eigenvalue weighted by Gasteiger charge is 2.19. The van der Waals surface area contributed by atoms with E-state index in [1.54, 1.807) is 0 Å². The van der Waals surface area contributed by atoms with Gasteiger partial charge in [-0.2, -0.15) is 0 Å². The third-order valence-electron chi connectivity index (χ3n) is 10.4. The number of hydrogen-bond donors (Lipinski definition) is 0. The van der Waals surface area contributed by atoms with Crippen LogP contribution in [0.15, 0.2) is 133 Å². The number of fused-ring (bicyclic) bond motifs is 6. The van der Waals surface area contributed by atoms with E-state index in [1.807, 2.05) is 40.9 Å². The predicted molar refractivity (Wildman–Crippen MR) is 222 cm³/mol. The van der Waals surface area contributed by atoms with Crippen LogP contribution in [0.25, 0.3) is 92.8 Å². The zero-order valence-electron chi connectivity index (χ0n) is 28.9. The van der Waals surface area contributed by atoms with Crippen LogP contribution in [-0.2, 0) is 6.42 Å². The second-order valence-electron chi connectivity index (χ2n) is 13.6. The van der Waals surface area contributed by atoms with Gasteiger partial charge in [-0.05, 0) is 95.3 Å². The summed E-state index contributed by atoms with van der Waals surface area (Å²) in [4.78, 5) is 16.7. The zero-order chi connectivity index (χ0) is 34.8. The summed E-state index contributed by atoms with van der Waals surface area (Å²) >= 11 is 3.75. The number of benzene rings is 6. The average molecular weight is 704 g/mol. The van der Waals surface area contributed by atoms with Crippen molar-refractivity contribution >= 4 is 59.0 Å². The molecule has 1 aliphatic carbocycles. The van der Waals surface area contributed by atoms with Crippen molar-refractivity contribution in [2.45, 2.75) is 26.7 Å². The van der Waals surface area contributed by atoms with Crippen LogP contribution in [0, 0.1) is 13.8 Å². The lowest BCUT2D eigenvalue weighted by Gasteiger charge is -2.14. The summed E-state index contributed by atoms with van der Waals surface area (Å²) in [5.74, 6) is 2.04. The molecule has 0 radical (unpaired) electrons. The minimum atomic E-state index is 0.677. The Labute approximate surface area is 310 Å². The Kier molecular flexibility index (Phi) is 7.45. The Bertz CT molecular complexity index is 2880. The Balaban J connectivity index is 1.11. The largest absolute Gasteiger partial charge is 0.208 e. The van der Waals surface area contributed by atoms with Gasteiger partial charge in [0, 0.05) is 46.4 Å². The van der Waals surface area contributed by atoms with Crippen molar-refractivity contribution < 1.29 is 0 Å². The molecule has 0 saturated heterocycles. The highest BCUT2D eigenvalue weighted by molar-refractivity contribution is 7.26. The third-order valence-corrected chi connectivity index (χ3v) is 12.8. The summed E-state index contributed by atoms with van der Waals surface area (Å²) in [7, 11) is 0. The summed E-state index contributed by atoms with van der Waals surface area (Å²) in [6.45, 7) is 4.45. The van der Waals surface area contributed by atoms with Gasteiger partial charge in [0.15, 0.2) is 17.5 Å². The SMILES string of the molecule is Cc1ccccc1-c1cccc(-c2cccc3c2sc2ccc(-c4nc(-c5ccccc5)nc(-c5ccc6c7c(sc6c5)CCC=C7)n4)cc23)c1C. The molecule has 10 rings (SSSR count). The van der Waals surface area contributed by atoms with E-state index in [0.29, 0.717) is 17.5 Å². The van der Waals surface area contributed by atoms with E-state index in [-0.39, 0.29) is 0 Å². The third kappa shape index (κ3) is 5.19. The van der Waals surface area contributed by atoms with Crippen molar-refractivity contribution in [3.05, 3.63) is 155 Å². The highest BCUT2D eigenvalue weighted by Crippen LogP contribution is 2.44. The smallest absolute Gasteiger partial charge is 0.164 e. The molecule has 0 unspecified atom stereocenters. The van der Waals surface area contributed by atoms with Crippen molar-refractivity contribution in [1.29, 1.82) is 0 Å². The van der Waals surface area contributed by atoms with Crippen molar-refractivity contribution in [2.75, 3.05) is 0 Å². The topological polar surface area (TPSA) is 38.7 Å². The van der Waals surface area contributed by atoms with Crippen LogP contribution >= 0.6 is 22.7 Å². The van der Waals surface area contributed by atoms with E-state index in [4.69, 9.17) is 15.0 Å². The standard InChI is InChI=1S/C47H33N3S2/c1-28-12-6-7-15-33(28)34-17-10-18-35(29(34)2)38-19-11-20-39-40-26-31(23-25-42(40)52-44(38)39)46-48-45(30-13-4-3-5-14-30)49-47(50-46)32-22-24-37-36-16-8-9-21-41(36)51-43(37)27-32/h3-8,10-20,22-27H,9,21H2,1-2H3. The first-order valence-electron chi connectivity index (χ1n) is 17.7. The Hall–Kier alpha value is -5.75. The number of thiophene rings is 2. The second kappa shape index (κ2) is 12.5. The van der Waals surface area contributed by atoms with Gasteiger partial charge < -0.3 is 0 Å². The molecule has 9 aromatic rings. The van der Waals surface area contributed by atoms with E-state index in [0.717, 1.165) is 29.5 Å². The maximum atomic E-state index is 5.15. The highest BCUT2D eigenvalue weighted by atomic mass is 32.1. The molecule has 0 fully saturated rings. The minimum absolute atomic E-state index is 0.677. The van der Waals surface area contributed by atoms with Gasteiger partial charge in [0.05, 0.1) is 0 Å². The molecular weight excluding hydrogens is 671 g/mol. The first kappa shape index (κ1) is 31.0. The fourth-order valence-electron chi connectivity index (χ4n) is 7.68. The van der Waals surface area contributed by atoms with Gasteiger partial charge in [0.1, 0.15) is 0 Å². The summed E-state index contributed by atoms with van der Waals surface area (Å²) < 4.78 is 3.82. The lowest BCUT2D eigenvalue weighted by Crippen LogP contribution is -2.00. The summed E-state index contributed by atoms with van der Waals surface area (Å²) in [5, 5.41) is 3.77. The van der Waals surface area contributed by atoms with Gasteiger partial charge in [0.25, 0.3) is 0 Å². The first-order chi connectivity index (χ1) is 25.6. The molecule has 0 amide bonds. The molecule has 6 aromatic carbocycles. The zero-order valence-corrected chi connectivity index (χ0v) is 30.5. The summed E-state index contributed by atoms with van der Waals surface area (Å²) in [5.41, 5.74) is 12.0. The van der Waals surface area contributed by atoms with Crippen LogP contribution in [0.2, 0.25) is 0 Å². The monoisotopic (exact) mass is 703 g/mol. The van der Waals surface area contributed by atoms with E-state index < -0.39 is 0 Å². The molecule has 0 aliphatic heterocycles. The molecular formula is C47H33N3S2. The molecule has 3 heterocycles. The molecule has 52 heavy (non-hydrogen) atoms. The van der Waals surface area contributed by atoms with E-state index in [2.05, 4.69) is 135 Å². The quantitative estimate of drug-likeness (QED) is 0.179. The second-order valence-corrected chi connectivity index (χ2v) is 15.7. The van der Waals surface area contributed by atoms with Gasteiger partial charge in [-0.25, -0.2) is 15.0 Å². The molecule has 248 valence electrons. The average Bonchev–Trinajstić information content (AvgIpc) is 3.76. The molecule has 0 spiro atoms. The van der Waals surface area contributed by atoms with Gasteiger partial charge in [-0.1, -0.05) is 115 Å². The number of allylic oxidation sites excluding steroid dienone is 1. The fraction of sp³-hybridized carbons (Fsp3) is 0.0851. The Morgan fingerprint density at radius 1 is 0.500 bits per heavy atom. The molecule has 3 aromatic heterocycles. The molecule has 0 saturated carbocycles. The number of hydrogen-bond acceptors (Lipinski definition) is 5. The summed E-state index contributed by atoms with van der Waals surface area (Å²) in [6.07, 6.45) is 6.78. The molecule has 3 nitrogen and oxygen atoms in total. The first-order valence-corrected chi connectivity index (χ1v) is 19.4. The van der Waals surface area contributed by atoms with Gasteiger partial charge in [0.2, 0.25) is 0 Å². The van der Waals surface area contributed by atoms with Gasteiger partial charge >= 0.3 is 0 Å². The lowest BCUT2D eigenvalue weighted by atomic mass is 9.90. The Morgan fingerprint density at radius 2 is 1.17 bits per heavy atom. The maximum absolute atomic E-state index is 5.15. The van der Waals surface area contributed by atoms with E-state index in [1.165, 1.54) is 74.1 Å².